The molecule has 2 N–H and O–H groups in total. The first-order chi connectivity index (χ1) is 5.74. The Kier molecular flexibility index (Phi) is 2.87. The Balaban J connectivity index is 2.59. The van der Waals surface area contributed by atoms with Crippen molar-refractivity contribution in [2.24, 2.45) is 0 Å². The number of rotatable bonds is 3. The van der Waals surface area contributed by atoms with E-state index in [2.05, 4.69) is 21.4 Å². The summed E-state index contributed by atoms with van der Waals surface area (Å²) < 4.78 is 5.26. The third-order valence-corrected chi connectivity index (χ3v) is 1.49. The zero-order valence-corrected chi connectivity index (χ0v) is 7.42. The third kappa shape index (κ3) is 2.09. The number of furan rings is 1. The first kappa shape index (κ1) is 8.79. The van der Waals surface area contributed by atoms with Gasteiger partial charge in [0.1, 0.15) is 6.26 Å². The van der Waals surface area contributed by atoms with Crippen LogP contribution in [0, 0.1) is 0 Å². The molecule has 0 bridgehead atoms. The summed E-state index contributed by atoms with van der Waals surface area (Å²) in [5, 5.41) is 0. The number of nitrogens with one attached hydrogen (secondary N) is 2. The molecule has 0 unspecified atom stereocenters. The van der Waals surface area contributed by atoms with Crippen LogP contribution in [0.4, 0.5) is 0 Å². The van der Waals surface area contributed by atoms with Crippen molar-refractivity contribution in [3.05, 3.63) is 22.6 Å². The minimum atomic E-state index is -0.434. The molecule has 1 rings (SSSR count). The monoisotopic (exact) mass is 232 g/mol. The summed E-state index contributed by atoms with van der Waals surface area (Å²) in [5.74, 6) is -0.434. The molecule has 0 atom stereocenters. The van der Waals surface area contributed by atoms with Crippen LogP contribution < -0.4 is 10.9 Å². The molecule has 1 aromatic rings. The summed E-state index contributed by atoms with van der Waals surface area (Å²) >= 11 is 3.03. The molecule has 0 spiro atoms. The van der Waals surface area contributed by atoms with Crippen LogP contribution in [-0.4, -0.2) is 12.3 Å². The van der Waals surface area contributed by atoms with E-state index in [-0.39, 0.29) is 0 Å². The Morgan fingerprint density at radius 2 is 2.42 bits per heavy atom. The lowest BCUT2D eigenvalue weighted by molar-refractivity contribution is -0.110. The minimum absolute atomic E-state index is 0.330. The van der Waals surface area contributed by atoms with E-state index in [9.17, 15) is 9.59 Å². The van der Waals surface area contributed by atoms with Crippen LogP contribution in [0.15, 0.2) is 21.4 Å². The Hall–Kier alpha value is -1.30. The molecule has 0 aliphatic heterocycles. The number of halogens is 1. The molecule has 0 radical (unpaired) electrons. The quantitative estimate of drug-likeness (QED) is 0.587. The molecule has 0 aliphatic carbocycles. The van der Waals surface area contributed by atoms with Gasteiger partial charge in [-0.25, -0.2) is 0 Å². The van der Waals surface area contributed by atoms with Crippen molar-refractivity contribution in [1.29, 1.82) is 0 Å². The van der Waals surface area contributed by atoms with E-state index in [1.807, 2.05) is 5.43 Å². The maximum atomic E-state index is 11.0. The highest BCUT2D eigenvalue weighted by atomic mass is 79.9. The highest BCUT2D eigenvalue weighted by Crippen LogP contribution is 2.13. The van der Waals surface area contributed by atoms with Crippen LogP contribution in [0.3, 0.4) is 0 Å². The van der Waals surface area contributed by atoms with Crippen LogP contribution in [0.1, 0.15) is 10.4 Å². The number of carbonyl (C=O) groups is 2. The summed E-state index contributed by atoms with van der Waals surface area (Å²) in [7, 11) is 0. The summed E-state index contributed by atoms with van der Waals surface area (Å²) in [6.07, 6.45) is 1.64. The van der Waals surface area contributed by atoms with Crippen LogP contribution >= 0.6 is 15.9 Å². The van der Waals surface area contributed by atoms with Crippen LogP contribution in [0.5, 0.6) is 0 Å². The summed E-state index contributed by atoms with van der Waals surface area (Å²) in [6.45, 7) is 0. The van der Waals surface area contributed by atoms with E-state index in [1.165, 1.54) is 12.3 Å². The molecule has 0 saturated heterocycles. The van der Waals surface area contributed by atoms with Crippen molar-refractivity contribution in [2.45, 2.75) is 0 Å². The second-order valence-electron chi connectivity index (χ2n) is 1.86. The lowest BCUT2D eigenvalue weighted by Crippen LogP contribution is -2.35. The molecule has 0 fully saturated rings. The number of carbonyl (C=O) groups excluding carboxylic acids is 2. The minimum Gasteiger partial charge on any atom is -0.457 e. The molecule has 1 aromatic heterocycles. The van der Waals surface area contributed by atoms with Crippen molar-refractivity contribution in [1.82, 2.24) is 10.9 Å². The predicted molar refractivity (Wildman–Crippen MR) is 43.1 cm³/mol. The van der Waals surface area contributed by atoms with Crippen LogP contribution in [-0.2, 0) is 4.79 Å². The van der Waals surface area contributed by atoms with Crippen LogP contribution in [0.25, 0.3) is 0 Å². The van der Waals surface area contributed by atoms with Crippen molar-refractivity contribution in [3.63, 3.8) is 0 Å². The molecule has 1 heterocycles. The molecule has 5 nitrogen and oxygen atoms in total. The van der Waals surface area contributed by atoms with Gasteiger partial charge in [-0.2, -0.15) is 0 Å². The van der Waals surface area contributed by atoms with Gasteiger partial charge in [0.05, 0.1) is 5.56 Å². The molecule has 12 heavy (non-hydrogen) atoms. The molecule has 0 saturated carbocycles. The molecular weight excluding hydrogens is 228 g/mol. The third-order valence-electron chi connectivity index (χ3n) is 1.07. The van der Waals surface area contributed by atoms with E-state index in [4.69, 9.17) is 4.42 Å². The van der Waals surface area contributed by atoms with Gasteiger partial charge in [0.2, 0.25) is 6.41 Å². The van der Waals surface area contributed by atoms with Crippen molar-refractivity contribution >= 4 is 28.2 Å². The van der Waals surface area contributed by atoms with Crippen LogP contribution in [0.2, 0.25) is 0 Å². The first-order valence-corrected chi connectivity index (χ1v) is 3.77. The maximum Gasteiger partial charge on any atom is 0.272 e. The summed E-state index contributed by atoms with van der Waals surface area (Å²) in [4.78, 5) is 20.8. The average Bonchev–Trinajstić information content (AvgIpc) is 2.47. The topological polar surface area (TPSA) is 71.3 Å². The lowest BCUT2D eigenvalue weighted by Gasteiger charge is -1.97. The largest absolute Gasteiger partial charge is 0.457 e. The second kappa shape index (κ2) is 3.91. The molecule has 0 aliphatic rings. The highest BCUT2D eigenvalue weighted by molar-refractivity contribution is 9.10. The van der Waals surface area contributed by atoms with E-state index in [0.717, 1.165) is 0 Å². The van der Waals surface area contributed by atoms with Gasteiger partial charge in [0.25, 0.3) is 5.91 Å². The van der Waals surface area contributed by atoms with E-state index in [0.29, 0.717) is 16.6 Å². The molecule has 6 heteroatoms. The van der Waals surface area contributed by atoms with E-state index in [1.54, 1.807) is 0 Å². The van der Waals surface area contributed by atoms with Crippen molar-refractivity contribution < 1.29 is 14.0 Å². The van der Waals surface area contributed by atoms with Gasteiger partial charge in [-0.05, 0) is 15.9 Å². The van der Waals surface area contributed by atoms with E-state index >= 15 is 0 Å². The van der Waals surface area contributed by atoms with Gasteiger partial charge < -0.3 is 4.42 Å². The first-order valence-electron chi connectivity index (χ1n) is 2.97. The van der Waals surface area contributed by atoms with Crippen molar-refractivity contribution in [3.8, 4) is 0 Å². The van der Waals surface area contributed by atoms with Gasteiger partial charge in [-0.15, -0.1) is 0 Å². The van der Waals surface area contributed by atoms with E-state index < -0.39 is 5.91 Å². The highest BCUT2D eigenvalue weighted by Gasteiger charge is 2.07. The number of hydrogen-bond acceptors (Lipinski definition) is 3. The fraction of sp³-hybridized carbons (Fsp3) is 0. The number of hydrazine groups is 1. The maximum absolute atomic E-state index is 11.0. The number of hydrogen-bond donors (Lipinski definition) is 2. The fourth-order valence-corrected chi connectivity index (χ4v) is 0.936. The normalized spacial score (nSPS) is 9.08. The summed E-state index contributed by atoms with van der Waals surface area (Å²) in [6, 6.07) is 1.49. The summed E-state index contributed by atoms with van der Waals surface area (Å²) in [5.41, 5.74) is 4.47. The Morgan fingerprint density at radius 1 is 1.67 bits per heavy atom. The zero-order chi connectivity index (χ0) is 8.97. The lowest BCUT2D eigenvalue weighted by atomic mass is 10.3. The van der Waals surface area contributed by atoms with Gasteiger partial charge in [0, 0.05) is 6.07 Å². The Bertz CT molecular complexity index is 297. The van der Waals surface area contributed by atoms with Gasteiger partial charge in [0.15, 0.2) is 4.67 Å². The van der Waals surface area contributed by atoms with Gasteiger partial charge in [-0.1, -0.05) is 0 Å². The van der Waals surface area contributed by atoms with Crippen molar-refractivity contribution in [2.75, 3.05) is 0 Å². The molecule has 0 aromatic carbocycles. The Labute approximate surface area is 76.2 Å². The molecule has 64 valence electrons. The average molecular weight is 233 g/mol. The SMILES string of the molecule is O=CNNC(=O)c1coc(Br)c1. The smallest absolute Gasteiger partial charge is 0.272 e. The fourth-order valence-electron chi connectivity index (χ4n) is 0.596. The standard InChI is InChI=1S/C6H5BrN2O3/c7-5-1-4(2-12-5)6(11)9-8-3-10/h1-3H,(H,8,10)(H,9,11). The zero-order valence-electron chi connectivity index (χ0n) is 5.83. The predicted octanol–water partition coefficient (Wildman–Crippen LogP) is 0.433. The van der Waals surface area contributed by atoms with Gasteiger partial charge >= 0.3 is 0 Å². The molecule has 2 amide bonds. The van der Waals surface area contributed by atoms with Gasteiger partial charge in [-0.3, -0.25) is 20.4 Å². The number of amides is 2. The Morgan fingerprint density at radius 3 is 2.92 bits per heavy atom. The second-order valence-corrected chi connectivity index (χ2v) is 2.64. The molecular formula is C6H5BrN2O3.